The van der Waals surface area contributed by atoms with Gasteiger partial charge in [0.05, 0.1) is 11.5 Å². The summed E-state index contributed by atoms with van der Waals surface area (Å²) in [4.78, 5) is 13.3. The number of nitrogens with one attached hydrogen (secondary N) is 1. The standard InChI is InChI=1S/C22H22ClN3OS/c1-15-13-18(16(2)26(15)20-7-5-4-6-8-20)14-24-25-22(27)17(3)28-21-11-9-19(23)10-12-21/h4-14,17H,1-3H3,(H,25,27)/b24-14-/t17-/m1/s1. The van der Waals surface area contributed by atoms with Gasteiger partial charge in [-0.25, -0.2) is 5.43 Å². The molecule has 6 heteroatoms. The fourth-order valence-electron chi connectivity index (χ4n) is 2.92. The maximum absolute atomic E-state index is 12.3. The number of hydrogen-bond acceptors (Lipinski definition) is 3. The molecular formula is C22H22ClN3OS. The van der Waals surface area contributed by atoms with Crippen LogP contribution in [0.25, 0.3) is 5.69 Å². The Morgan fingerprint density at radius 3 is 2.50 bits per heavy atom. The quantitative estimate of drug-likeness (QED) is 0.336. The molecule has 28 heavy (non-hydrogen) atoms. The van der Waals surface area contributed by atoms with Gasteiger partial charge in [0, 0.05) is 32.6 Å². The fraction of sp³-hybridized carbons (Fsp3) is 0.182. The SMILES string of the molecule is Cc1cc(/C=N\NC(=O)[C@@H](C)Sc2ccc(Cl)cc2)c(C)n1-c1ccccc1. The molecule has 0 aliphatic carbocycles. The van der Waals surface area contributed by atoms with Gasteiger partial charge < -0.3 is 4.57 Å². The van der Waals surface area contributed by atoms with E-state index in [9.17, 15) is 4.79 Å². The van der Waals surface area contributed by atoms with E-state index in [1.54, 1.807) is 6.21 Å². The summed E-state index contributed by atoms with van der Waals surface area (Å²) in [6.45, 7) is 5.95. The third kappa shape index (κ3) is 4.86. The van der Waals surface area contributed by atoms with Crippen LogP contribution >= 0.6 is 23.4 Å². The normalized spacial score (nSPS) is 12.3. The summed E-state index contributed by atoms with van der Waals surface area (Å²) in [6, 6.07) is 19.7. The van der Waals surface area contributed by atoms with Gasteiger partial charge in [0.2, 0.25) is 0 Å². The zero-order valence-electron chi connectivity index (χ0n) is 16.0. The molecule has 0 spiro atoms. The summed E-state index contributed by atoms with van der Waals surface area (Å²) in [5, 5.41) is 4.57. The molecule has 2 aromatic carbocycles. The van der Waals surface area contributed by atoms with Gasteiger partial charge in [0.25, 0.3) is 5.91 Å². The molecule has 144 valence electrons. The van der Waals surface area contributed by atoms with E-state index in [1.807, 2.05) is 56.3 Å². The lowest BCUT2D eigenvalue weighted by Gasteiger charge is -2.09. The molecule has 0 fully saturated rings. The number of aromatic nitrogens is 1. The van der Waals surface area contributed by atoms with Crippen molar-refractivity contribution in [3.8, 4) is 5.69 Å². The van der Waals surface area contributed by atoms with Crippen LogP contribution < -0.4 is 5.43 Å². The van der Waals surface area contributed by atoms with Crippen molar-refractivity contribution in [1.29, 1.82) is 0 Å². The van der Waals surface area contributed by atoms with Crippen LogP contribution in [-0.2, 0) is 4.79 Å². The molecule has 3 rings (SSSR count). The molecule has 4 nitrogen and oxygen atoms in total. The zero-order valence-corrected chi connectivity index (χ0v) is 17.6. The van der Waals surface area contributed by atoms with Crippen LogP contribution in [0.1, 0.15) is 23.9 Å². The van der Waals surface area contributed by atoms with Crippen molar-refractivity contribution in [2.24, 2.45) is 5.10 Å². The number of halogens is 1. The lowest BCUT2D eigenvalue weighted by atomic mass is 10.2. The minimum Gasteiger partial charge on any atom is -0.318 e. The highest BCUT2D eigenvalue weighted by molar-refractivity contribution is 8.00. The van der Waals surface area contributed by atoms with E-state index in [-0.39, 0.29) is 11.2 Å². The second-order valence-electron chi connectivity index (χ2n) is 6.45. The largest absolute Gasteiger partial charge is 0.318 e. The molecule has 1 aromatic heterocycles. The molecule has 3 aromatic rings. The van der Waals surface area contributed by atoms with Crippen LogP contribution in [-0.4, -0.2) is 21.9 Å². The van der Waals surface area contributed by atoms with Crippen LogP contribution in [0.5, 0.6) is 0 Å². The van der Waals surface area contributed by atoms with Crippen molar-refractivity contribution in [3.63, 3.8) is 0 Å². The van der Waals surface area contributed by atoms with Crippen molar-refractivity contribution in [3.05, 3.63) is 82.6 Å². The van der Waals surface area contributed by atoms with E-state index in [4.69, 9.17) is 11.6 Å². The van der Waals surface area contributed by atoms with Crippen LogP contribution in [0.2, 0.25) is 5.02 Å². The van der Waals surface area contributed by atoms with Gasteiger partial charge in [-0.15, -0.1) is 11.8 Å². The first-order chi connectivity index (χ1) is 13.5. The van der Waals surface area contributed by atoms with Crippen molar-refractivity contribution in [2.45, 2.75) is 30.9 Å². The molecular weight excluding hydrogens is 390 g/mol. The zero-order chi connectivity index (χ0) is 20.1. The predicted molar refractivity (Wildman–Crippen MR) is 118 cm³/mol. The van der Waals surface area contributed by atoms with E-state index in [0.717, 1.165) is 27.5 Å². The van der Waals surface area contributed by atoms with Crippen molar-refractivity contribution in [1.82, 2.24) is 9.99 Å². The van der Waals surface area contributed by atoms with E-state index in [0.29, 0.717) is 5.02 Å². The summed E-state index contributed by atoms with van der Waals surface area (Å²) in [7, 11) is 0. The number of nitrogens with zero attached hydrogens (tertiary/aromatic N) is 2. The highest BCUT2D eigenvalue weighted by Gasteiger charge is 2.14. The second kappa shape index (κ2) is 9.13. The molecule has 0 aliphatic rings. The number of thioether (sulfide) groups is 1. The van der Waals surface area contributed by atoms with Crippen molar-refractivity contribution >= 4 is 35.5 Å². The van der Waals surface area contributed by atoms with Gasteiger partial charge in [0.1, 0.15) is 0 Å². The first-order valence-electron chi connectivity index (χ1n) is 8.95. The molecule has 0 radical (unpaired) electrons. The Bertz CT molecular complexity index is 981. The van der Waals surface area contributed by atoms with Crippen molar-refractivity contribution < 1.29 is 4.79 Å². The Kier molecular flexibility index (Phi) is 6.60. The molecule has 0 unspecified atom stereocenters. The first kappa shape index (κ1) is 20.2. The van der Waals surface area contributed by atoms with Crippen LogP contribution in [0, 0.1) is 13.8 Å². The first-order valence-corrected chi connectivity index (χ1v) is 10.2. The smallest absolute Gasteiger partial charge is 0.253 e. The molecule has 1 heterocycles. The lowest BCUT2D eigenvalue weighted by Crippen LogP contribution is -2.26. The summed E-state index contributed by atoms with van der Waals surface area (Å²) < 4.78 is 2.17. The summed E-state index contributed by atoms with van der Waals surface area (Å²) in [5.41, 5.74) is 6.90. The van der Waals surface area contributed by atoms with Gasteiger partial charge in [-0.1, -0.05) is 29.8 Å². The summed E-state index contributed by atoms with van der Waals surface area (Å²) in [5.74, 6) is -0.145. The Morgan fingerprint density at radius 1 is 1.14 bits per heavy atom. The minimum absolute atomic E-state index is 0.145. The highest BCUT2D eigenvalue weighted by Crippen LogP contribution is 2.24. The molecule has 0 aliphatic heterocycles. The summed E-state index contributed by atoms with van der Waals surface area (Å²) in [6.07, 6.45) is 1.69. The fourth-order valence-corrected chi connectivity index (χ4v) is 3.91. The number of rotatable bonds is 6. The number of hydrogen-bond donors (Lipinski definition) is 1. The summed E-state index contributed by atoms with van der Waals surface area (Å²) >= 11 is 7.36. The molecule has 1 atom stereocenters. The van der Waals surface area contributed by atoms with Crippen LogP contribution in [0.15, 0.2) is 70.7 Å². The predicted octanol–water partition coefficient (Wildman–Crippen LogP) is 5.38. The Labute approximate surface area is 174 Å². The number of benzene rings is 2. The third-order valence-corrected chi connectivity index (χ3v) is 5.72. The number of para-hydroxylation sites is 1. The lowest BCUT2D eigenvalue weighted by molar-refractivity contribution is -0.120. The topological polar surface area (TPSA) is 46.4 Å². The molecule has 0 bridgehead atoms. The number of amides is 1. The van der Waals surface area contributed by atoms with Gasteiger partial charge in [-0.3, -0.25) is 4.79 Å². The van der Waals surface area contributed by atoms with Crippen LogP contribution in [0.3, 0.4) is 0 Å². The Hall–Kier alpha value is -2.50. The van der Waals surface area contributed by atoms with E-state index >= 15 is 0 Å². The number of carbonyl (C=O) groups is 1. The molecule has 1 N–H and O–H groups in total. The molecule has 1 amide bonds. The van der Waals surface area contributed by atoms with Gasteiger partial charge in [-0.05, 0) is 63.2 Å². The monoisotopic (exact) mass is 411 g/mol. The van der Waals surface area contributed by atoms with Crippen molar-refractivity contribution in [2.75, 3.05) is 0 Å². The second-order valence-corrected chi connectivity index (χ2v) is 8.30. The Balaban J connectivity index is 1.64. The highest BCUT2D eigenvalue weighted by atomic mass is 35.5. The average molecular weight is 412 g/mol. The average Bonchev–Trinajstić information content (AvgIpc) is 2.97. The van der Waals surface area contributed by atoms with Gasteiger partial charge >= 0.3 is 0 Å². The number of carbonyl (C=O) groups excluding carboxylic acids is 1. The van der Waals surface area contributed by atoms with E-state index in [2.05, 4.69) is 40.2 Å². The maximum atomic E-state index is 12.3. The van der Waals surface area contributed by atoms with E-state index in [1.165, 1.54) is 11.8 Å². The maximum Gasteiger partial charge on any atom is 0.253 e. The minimum atomic E-state index is -0.268. The number of hydrazone groups is 1. The third-order valence-electron chi connectivity index (χ3n) is 4.36. The Morgan fingerprint density at radius 2 is 1.82 bits per heavy atom. The van der Waals surface area contributed by atoms with Gasteiger partial charge in [-0.2, -0.15) is 5.10 Å². The molecule has 0 saturated carbocycles. The van der Waals surface area contributed by atoms with Gasteiger partial charge in [0.15, 0.2) is 0 Å². The molecule has 0 saturated heterocycles. The van der Waals surface area contributed by atoms with Crippen LogP contribution in [0.4, 0.5) is 0 Å². The number of aryl methyl sites for hydroxylation is 1. The van der Waals surface area contributed by atoms with E-state index < -0.39 is 0 Å².